The summed E-state index contributed by atoms with van der Waals surface area (Å²) < 4.78 is 2.25. The Balaban J connectivity index is 1.42. The van der Waals surface area contributed by atoms with E-state index in [1.807, 2.05) is 24.3 Å². The van der Waals surface area contributed by atoms with Crippen LogP contribution in [0.4, 0.5) is 10.5 Å². The Morgan fingerprint density at radius 1 is 1.33 bits per heavy atom. The summed E-state index contributed by atoms with van der Waals surface area (Å²) in [6, 6.07) is 7.27. The number of H-pyrrole nitrogens is 1. The highest BCUT2D eigenvalue weighted by Gasteiger charge is 2.14. The molecule has 146 valence electrons. The summed E-state index contributed by atoms with van der Waals surface area (Å²) in [6.45, 7) is 3.86. The fraction of sp³-hybridized carbons (Fsp3) is 0.500. The number of nitrogens with zero attached hydrogens (tertiary/aromatic N) is 4. The summed E-state index contributed by atoms with van der Waals surface area (Å²) in [5, 5.41) is 17.1. The lowest BCUT2D eigenvalue weighted by Crippen LogP contribution is -2.44. The molecule has 9 heteroatoms. The van der Waals surface area contributed by atoms with Gasteiger partial charge in [-0.25, -0.2) is 14.8 Å². The van der Waals surface area contributed by atoms with Crippen molar-refractivity contribution in [1.82, 2.24) is 30.1 Å². The van der Waals surface area contributed by atoms with Gasteiger partial charge in [-0.1, -0.05) is 12.5 Å². The number of hydrogen-bond donors (Lipinski definition) is 3. The van der Waals surface area contributed by atoms with E-state index in [-0.39, 0.29) is 6.03 Å². The van der Waals surface area contributed by atoms with Crippen molar-refractivity contribution < 1.29 is 4.79 Å². The van der Waals surface area contributed by atoms with E-state index in [0.29, 0.717) is 17.0 Å². The van der Waals surface area contributed by atoms with Gasteiger partial charge in [-0.2, -0.15) is 5.10 Å². The normalized spacial score (nSPS) is 15.0. The number of amides is 2. The smallest absolute Gasteiger partial charge is 0.319 e. The van der Waals surface area contributed by atoms with Gasteiger partial charge < -0.3 is 10.6 Å². The van der Waals surface area contributed by atoms with Gasteiger partial charge in [0.1, 0.15) is 6.33 Å². The van der Waals surface area contributed by atoms with Crippen molar-refractivity contribution in [2.24, 2.45) is 0 Å². The first-order chi connectivity index (χ1) is 13.1. The molecule has 27 heavy (non-hydrogen) atoms. The van der Waals surface area contributed by atoms with E-state index in [1.54, 1.807) is 10.9 Å². The number of rotatable bonds is 7. The van der Waals surface area contributed by atoms with Crippen LogP contribution in [0, 0.1) is 4.77 Å². The molecule has 0 radical (unpaired) electrons. The van der Waals surface area contributed by atoms with Gasteiger partial charge in [0.15, 0.2) is 4.77 Å². The number of urea groups is 1. The van der Waals surface area contributed by atoms with Crippen molar-refractivity contribution in [3.8, 4) is 5.69 Å². The molecule has 0 unspecified atom stereocenters. The Morgan fingerprint density at radius 2 is 2.15 bits per heavy atom. The van der Waals surface area contributed by atoms with E-state index < -0.39 is 0 Å². The summed E-state index contributed by atoms with van der Waals surface area (Å²) >= 11 is 5.17. The third-order valence-electron chi connectivity index (χ3n) is 4.69. The van der Waals surface area contributed by atoms with E-state index in [1.165, 1.54) is 19.3 Å². The minimum atomic E-state index is -0.205. The number of hydrogen-bond acceptors (Lipinski definition) is 5. The Morgan fingerprint density at radius 3 is 2.89 bits per heavy atom. The molecule has 3 N–H and O–H groups in total. The van der Waals surface area contributed by atoms with Gasteiger partial charge in [0.2, 0.25) is 0 Å². The molecule has 8 nitrogen and oxygen atoms in total. The molecule has 0 atom stereocenters. The number of nitrogens with one attached hydrogen (secondary N) is 3. The minimum Gasteiger partial charge on any atom is -0.338 e. The van der Waals surface area contributed by atoms with Crippen molar-refractivity contribution in [2.75, 3.05) is 38.5 Å². The van der Waals surface area contributed by atoms with Crippen molar-refractivity contribution in [3.05, 3.63) is 35.4 Å². The largest absolute Gasteiger partial charge is 0.338 e. The van der Waals surface area contributed by atoms with Crippen molar-refractivity contribution >= 4 is 23.9 Å². The number of aromatic nitrogens is 3. The summed E-state index contributed by atoms with van der Waals surface area (Å²) in [4.78, 5) is 12.1. The zero-order valence-corrected chi connectivity index (χ0v) is 16.5. The fourth-order valence-corrected chi connectivity index (χ4v) is 3.42. The maximum Gasteiger partial charge on any atom is 0.319 e. The molecule has 0 bridgehead atoms. The van der Waals surface area contributed by atoms with Gasteiger partial charge in [-0.3, -0.25) is 9.67 Å². The molecular formula is C18H27N7OS. The number of benzene rings is 1. The predicted molar refractivity (Wildman–Crippen MR) is 108 cm³/mol. The molecule has 1 saturated heterocycles. The number of aromatic amines is 1. The van der Waals surface area contributed by atoms with Crippen LogP contribution in [-0.2, 0) is 0 Å². The molecule has 2 heterocycles. The third kappa shape index (κ3) is 5.62. The van der Waals surface area contributed by atoms with E-state index in [0.717, 1.165) is 31.7 Å². The van der Waals surface area contributed by atoms with Gasteiger partial charge in [-0.15, -0.1) is 0 Å². The Labute approximate surface area is 164 Å². The van der Waals surface area contributed by atoms with E-state index >= 15 is 0 Å². The lowest BCUT2D eigenvalue weighted by atomic mass is 10.2. The fourth-order valence-electron chi connectivity index (χ4n) is 3.21. The van der Waals surface area contributed by atoms with Crippen LogP contribution in [0.25, 0.3) is 5.69 Å². The second-order valence-corrected chi connectivity index (χ2v) is 7.10. The maximum absolute atomic E-state index is 12.1. The monoisotopic (exact) mass is 389 g/mol. The highest BCUT2D eigenvalue weighted by Crippen LogP contribution is 2.14. The van der Waals surface area contributed by atoms with Crippen molar-refractivity contribution in [1.29, 1.82) is 0 Å². The zero-order valence-electron chi connectivity index (χ0n) is 15.6. The maximum atomic E-state index is 12.1. The molecule has 0 saturated carbocycles. The summed E-state index contributed by atoms with van der Waals surface area (Å²) in [5.74, 6) is 0. The average Bonchev–Trinajstić information content (AvgIpc) is 3.12. The van der Waals surface area contributed by atoms with Crippen LogP contribution in [-0.4, -0.2) is 64.0 Å². The summed E-state index contributed by atoms with van der Waals surface area (Å²) in [6.07, 6.45) is 6.40. The molecular weight excluding hydrogens is 362 g/mol. The zero-order chi connectivity index (χ0) is 19.1. The van der Waals surface area contributed by atoms with Gasteiger partial charge in [0.25, 0.3) is 0 Å². The van der Waals surface area contributed by atoms with Crippen LogP contribution in [0.15, 0.2) is 30.6 Å². The number of piperidine rings is 1. The van der Waals surface area contributed by atoms with Gasteiger partial charge in [-0.05, 0) is 49.7 Å². The van der Waals surface area contributed by atoms with E-state index in [4.69, 9.17) is 12.2 Å². The molecule has 1 aromatic heterocycles. The van der Waals surface area contributed by atoms with Crippen LogP contribution >= 0.6 is 12.2 Å². The van der Waals surface area contributed by atoms with Crippen LogP contribution in [0.5, 0.6) is 0 Å². The standard InChI is InChI=1S/C18H27N7OS/c1-23(24-11-3-2-4-12-24)10-6-9-19-17(26)21-15-7-5-8-16(13-15)25-14-20-22-18(25)27/h5,7-8,13-14H,2-4,6,9-12H2,1H3,(H,22,27)(H2,19,21,26). The molecule has 2 aromatic rings. The van der Waals surface area contributed by atoms with Crippen molar-refractivity contribution in [2.45, 2.75) is 25.7 Å². The van der Waals surface area contributed by atoms with Crippen LogP contribution in [0.3, 0.4) is 0 Å². The van der Waals surface area contributed by atoms with E-state index in [2.05, 4.69) is 37.9 Å². The van der Waals surface area contributed by atoms with Crippen LogP contribution in [0.1, 0.15) is 25.7 Å². The lowest BCUT2D eigenvalue weighted by Gasteiger charge is -2.34. The number of anilines is 1. The molecule has 0 aliphatic carbocycles. The number of carbonyl (C=O) groups excluding carboxylic acids is 1. The number of hydrazine groups is 1. The molecule has 2 amide bonds. The second kappa shape index (κ2) is 9.63. The first-order valence-electron chi connectivity index (χ1n) is 9.37. The molecule has 3 rings (SSSR count). The van der Waals surface area contributed by atoms with Gasteiger partial charge >= 0.3 is 6.03 Å². The topological polar surface area (TPSA) is 81.2 Å². The first kappa shape index (κ1) is 19.5. The van der Waals surface area contributed by atoms with Crippen LogP contribution < -0.4 is 10.6 Å². The van der Waals surface area contributed by atoms with Gasteiger partial charge in [0, 0.05) is 38.9 Å². The Bertz CT molecular complexity index is 797. The molecule has 0 spiro atoms. The number of carbonyl (C=O) groups is 1. The second-order valence-electron chi connectivity index (χ2n) is 6.71. The summed E-state index contributed by atoms with van der Waals surface area (Å²) in [5.41, 5.74) is 1.55. The van der Waals surface area contributed by atoms with Crippen molar-refractivity contribution in [3.63, 3.8) is 0 Å². The quantitative estimate of drug-likeness (QED) is 0.501. The summed E-state index contributed by atoms with van der Waals surface area (Å²) in [7, 11) is 2.12. The Kier molecular flexibility index (Phi) is 6.97. The average molecular weight is 390 g/mol. The van der Waals surface area contributed by atoms with E-state index in [9.17, 15) is 4.79 Å². The predicted octanol–water partition coefficient (Wildman–Crippen LogP) is 2.77. The first-order valence-corrected chi connectivity index (χ1v) is 9.77. The highest BCUT2D eigenvalue weighted by molar-refractivity contribution is 7.71. The minimum absolute atomic E-state index is 0.205. The SMILES string of the molecule is CN(CCCNC(=O)Nc1cccc(-n2cn[nH]c2=S)c1)N1CCCCC1. The van der Waals surface area contributed by atoms with Crippen LogP contribution in [0.2, 0.25) is 0 Å². The lowest BCUT2D eigenvalue weighted by molar-refractivity contribution is -0.0166. The molecule has 1 aliphatic heterocycles. The highest BCUT2D eigenvalue weighted by atomic mass is 32.1. The molecule has 1 aliphatic rings. The van der Waals surface area contributed by atoms with Gasteiger partial charge in [0.05, 0.1) is 5.69 Å². The Hall–Kier alpha value is -2.23. The molecule has 1 fully saturated rings. The third-order valence-corrected chi connectivity index (χ3v) is 4.98. The molecule has 1 aromatic carbocycles.